The first-order valence-corrected chi connectivity index (χ1v) is 6.67. The van der Waals surface area contributed by atoms with E-state index in [4.69, 9.17) is 0 Å². The van der Waals surface area contributed by atoms with Crippen LogP contribution in [-0.2, 0) is 11.3 Å². The number of aliphatic carboxylic acids is 1. The van der Waals surface area contributed by atoms with E-state index in [1.807, 2.05) is 11.8 Å². The van der Waals surface area contributed by atoms with Gasteiger partial charge in [-0.05, 0) is 45.7 Å². The van der Waals surface area contributed by atoms with Crippen LogP contribution in [0.15, 0.2) is 18.2 Å². The van der Waals surface area contributed by atoms with Crippen molar-refractivity contribution in [2.24, 2.45) is 0 Å². The van der Waals surface area contributed by atoms with Crippen LogP contribution >= 0.6 is 0 Å². The highest BCUT2D eigenvalue weighted by Crippen LogP contribution is 2.30. The number of carboxylic acids is 1. The van der Waals surface area contributed by atoms with Crippen molar-refractivity contribution in [3.63, 3.8) is 0 Å². The van der Waals surface area contributed by atoms with Crippen molar-refractivity contribution in [1.29, 1.82) is 0 Å². The molecule has 1 aromatic carbocycles. The summed E-state index contributed by atoms with van der Waals surface area (Å²) in [6.45, 7) is 4.71. The summed E-state index contributed by atoms with van der Waals surface area (Å²) in [6.07, 6.45) is 2.50. The number of rotatable bonds is 3. The Labute approximate surface area is 113 Å². The van der Waals surface area contributed by atoms with Gasteiger partial charge in [-0.15, -0.1) is 0 Å². The predicted octanol–water partition coefficient (Wildman–Crippen LogP) is 2.96. The molecule has 1 heterocycles. The van der Waals surface area contributed by atoms with Gasteiger partial charge in [-0.25, -0.2) is 4.39 Å². The SMILES string of the molecule is Cc1ccc(F)c(CN2CCCCC2(C)C(=O)O)c1. The molecule has 3 nitrogen and oxygen atoms in total. The van der Waals surface area contributed by atoms with Gasteiger partial charge in [0.15, 0.2) is 0 Å². The molecule has 1 aliphatic rings. The van der Waals surface area contributed by atoms with Gasteiger partial charge in [0.25, 0.3) is 0 Å². The third-order valence-electron chi connectivity index (χ3n) is 4.06. The summed E-state index contributed by atoms with van der Waals surface area (Å²) in [5.41, 5.74) is 0.689. The number of carbonyl (C=O) groups is 1. The molecule has 1 N–H and O–H groups in total. The summed E-state index contributed by atoms with van der Waals surface area (Å²) < 4.78 is 13.8. The molecule has 1 unspecified atom stereocenters. The lowest BCUT2D eigenvalue weighted by Gasteiger charge is -2.41. The fourth-order valence-corrected chi connectivity index (χ4v) is 2.70. The van der Waals surface area contributed by atoms with Gasteiger partial charge in [-0.2, -0.15) is 0 Å². The molecule has 1 aromatic rings. The number of hydrogen-bond acceptors (Lipinski definition) is 2. The lowest BCUT2D eigenvalue weighted by Crippen LogP contribution is -2.54. The summed E-state index contributed by atoms with van der Waals surface area (Å²) in [7, 11) is 0. The molecule has 4 heteroatoms. The minimum Gasteiger partial charge on any atom is -0.480 e. The number of carboxylic acid groups (broad SMARTS) is 1. The molecule has 1 aliphatic heterocycles. The standard InChI is InChI=1S/C15H20FNO2/c1-11-5-6-13(16)12(9-11)10-17-8-4-3-7-15(17,2)14(18)19/h5-6,9H,3-4,7-8,10H2,1-2H3,(H,18,19). The van der Waals surface area contributed by atoms with Gasteiger partial charge in [0, 0.05) is 12.1 Å². The Balaban J connectivity index is 2.25. The number of likely N-dealkylation sites (tertiary alicyclic amines) is 1. The van der Waals surface area contributed by atoms with Crippen LogP contribution in [0.1, 0.15) is 37.3 Å². The minimum atomic E-state index is -0.881. The number of piperidine rings is 1. The van der Waals surface area contributed by atoms with E-state index in [0.717, 1.165) is 18.4 Å². The normalized spacial score (nSPS) is 24.4. The quantitative estimate of drug-likeness (QED) is 0.913. The highest BCUT2D eigenvalue weighted by molar-refractivity contribution is 5.78. The van der Waals surface area contributed by atoms with Gasteiger partial charge >= 0.3 is 5.97 Å². The maximum atomic E-state index is 13.8. The van der Waals surface area contributed by atoms with Crippen molar-refractivity contribution >= 4 is 5.97 Å². The number of nitrogens with zero attached hydrogens (tertiary/aromatic N) is 1. The molecule has 0 aromatic heterocycles. The summed E-state index contributed by atoms with van der Waals surface area (Å²) in [4.78, 5) is 13.4. The molecule has 0 amide bonds. The van der Waals surface area contributed by atoms with Crippen molar-refractivity contribution in [2.75, 3.05) is 6.54 Å². The van der Waals surface area contributed by atoms with Crippen molar-refractivity contribution in [3.05, 3.63) is 35.1 Å². The van der Waals surface area contributed by atoms with Crippen LogP contribution in [0.2, 0.25) is 0 Å². The molecule has 0 bridgehead atoms. The smallest absolute Gasteiger partial charge is 0.323 e. The molecule has 0 saturated carbocycles. The number of halogens is 1. The van der Waals surface area contributed by atoms with Crippen molar-refractivity contribution < 1.29 is 14.3 Å². The Morgan fingerprint density at radius 2 is 2.21 bits per heavy atom. The van der Waals surface area contributed by atoms with Gasteiger partial charge in [0.2, 0.25) is 0 Å². The van der Waals surface area contributed by atoms with E-state index < -0.39 is 11.5 Å². The average molecular weight is 265 g/mol. The fourth-order valence-electron chi connectivity index (χ4n) is 2.70. The van der Waals surface area contributed by atoms with Crippen molar-refractivity contribution in [1.82, 2.24) is 4.90 Å². The van der Waals surface area contributed by atoms with Crippen LogP contribution in [0.5, 0.6) is 0 Å². The van der Waals surface area contributed by atoms with Gasteiger partial charge in [-0.1, -0.05) is 17.7 Å². The van der Waals surface area contributed by atoms with E-state index in [2.05, 4.69) is 0 Å². The summed E-state index contributed by atoms with van der Waals surface area (Å²) in [6, 6.07) is 4.98. The van der Waals surface area contributed by atoms with Gasteiger partial charge in [0.1, 0.15) is 11.4 Å². The molecule has 2 rings (SSSR count). The van der Waals surface area contributed by atoms with Crippen LogP contribution in [0.4, 0.5) is 4.39 Å². The second-order valence-electron chi connectivity index (χ2n) is 5.55. The Hall–Kier alpha value is -1.42. The molecule has 0 radical (unpaired) electrons. The zero-order valence-corrected chi connectivity index (χ0v) is 11.4. The van der Waals surface area contributed by atoms with E-state index in [1.54, 1.807) is 19.1 Å². The Kier molecular flexibility index (Phi) is 3.90. The molecule has 19 heavy (non-hydrogen) atoms. The van der Waals surface area contributed by atoms with Crippen LogP contribution in [0.3, 0.4) is 0 Å². The molecule has 0 spiro atoms. The first kappa shape index (κ1) is 14.0. The fraction of sp³-hybridized carbons (Fsp3) is 0.533. The summed E-state index contributed by atoms with van der Waals surface area (Å²) >= 11 is 0. The highest BCUT2D eigenvalue weighted by Gasteiger charge is 2.41. The monoisotopic (exact) mass is 265 g/mol. The largest absolute Gasteiger partial charge is 0.480 e. The maximum absolute atomic E-state index is 13.8. The van der Waals surface area contributed by atoms with Crippen LogP contribution in [0, 0.1) is 12.7 Å². The second kappa shape index (κ2) is 5.29. The third kappa shape index (κ3) is 2.78. The Morgan fingerprint density at radius 3 is 2.89 bits per heavy atom. The number of hydrogen-bond donors (Lipinski definition) is 1. The average Bonchev–Trinajstić information content (AvgIpc) is 2.36. The predicted molar refractivity (Wildman–Crippen MR) is 71.4 cm³/mol. The third-order valence-corrected chi connectivity index (χ3v) is 4.06. The highest BCUT2D eigenvalue weighted by atomic mass is 19.1. The van der Waals surface area contributed by atoms with Gasteiger partial charge in [0.05, 0.1) is 0 Å². The zero-order valence-electron chi connectivity index (χ0n) is 11.4. The van der Waals surface area contributed by atoms with Gasteiger partial charge < -0.3 is 5.11 Å². The molecule has 0 aliphatic carbocycles. The first-order chi connectivity index (χ1) is 8.93. The van der Waals surface area contributed by atoms with Crippen LogP contribution < -0.4 is 0 Å². The van der Waals surface area contributed by atoms with E-state index in [0.29, 0.717) is 25.1 Å². The molecular formula is C15H20FNO2. The van der Waals surface area contributed by atoms with E-state index >= 15 is 0 Å². The van der Waals surface area contributed by atoms with Crippen molar-refractivity contribution in [2.45, 2.75) is 45.2 Å². The van der Waals surface area contributed by atoms with Gasteiger partial charge in [-0.3, -0.25) is 9.69 Å². The molecule has 1 saturated heterocycles. The number of aryl methyl sites for hydroxylation is 1. The summed E-state index contributed by atoms with van der Waals surface area (Å²) in [5.74, 6) is -1.08. The lowest BCUT2D eigenvalue weighted by atomic mass is 9.88. The van der Waals surface area contributed by atoms with Crippen LogP contribution in [-0.4, -0.2) is 28.1 Å². The lowest BCUT2D eigenvalue weighted by molar-refractivity contribution is -0.153. The van der Waals surface area contributed by atoms with E-state index in [-0.39, 0.29) is 5.82 Å². The number of benzene rings is 1. The first-order valence-electron chi connectivity index (χ1n) is 6.67. The second-order valence-corrected chi connectivity index (χ2v) is 5.55. The topological polar surface area (TPSA) is 40.5 Å². The van der Waals surface area contributed by atoms with E-state index in [9.17, 15) is 14.3 Å². The molecular weight excluding hydrogens is 245 g/mol. The Morgan fingerprint density at radius 1 is 1.47 bits per heavy atom. The molecule has 104 valence electrons. The molecule has 1 atom stereocenters. The maximum Gasteiger partial charge on any atom is 0.323 e. The van der Waals surface area contributed by atoms with Crippen molar-refractivity contribution in [3.8, 4) is 0 Å². The summed E-state index contributed by atoms with van der Waals surface area (Å²) in [5, 5.41) is 9.43. The van der Waals surface area contributed by atoms with Crippen LogP contribution in [0.25, 0.3) is 0 Å². The minimum absolute atomic E-state index is 0.260. The zero-order chi connectivity index (χ0) is 14.0. The van der Waals surface area contributed by atoms with E-state index in [1.165, 1.54) is 6.07 Å². The molecule has 1 fully saturated rings. The Bertz CT molecular complexity index is 489.